The fourth-order valence-electron chi connectivity index (χ4n) is 2.51. The van der Waals surface area contributed by atoms with Gasteiger partial charge in [0.1, 0.15) is 11.5 Å². The summed E-state index contributed by atoms with van der Waals surface area (Å²) in [5, 5.41) is 19.5. The molecule has 0 aliphatic carbocycles. The molecule has 0 unspecified atom stereocenters. The Morgan fingerprint density at radius 3 is 2.39 bits per heavy atom. The molecule has 3 rings (SSSR count). The van der Waals surface area contributed by atoms with Gasteiger partial charge in [0.15, 0.2) is 0 Å². The van der Waals surface area contributed by atoms with Gasteiger partial charge in [-0.05, 0) is 35.4 Å². The third-order valence-corrected chi connectivity index (χ3v) is 4.11. The van der Waals surface area contributed by atoms with Crippen LogP contribution in [0.15, 0.2) is 54.9 Å². The second kappa shape index (κ2) is 11.4. The Morgan fingerprint density at radius 2 is 1.82 bits per heavy atom. The minimum Gasteiger partial charge on any atom is -0.497 e. The Labute approximate surface area is 186 Å². The Balaban J connectivity index is 0.000000479. The largest absolute Gasteiger partial charge is 0.497 e. The topological polar surface area (TPSA) is 126 Å². The van der Waals surface area contributed by atoms with Crippen molar-refractivity contribution in [1.29, 1.82) is 0 Å². The van der Waals surface area contributed by atoms with Crippen molar-refractivity contribution in [3.05, 3.63) is 60.4 Å². The standard InChI is InChI=1S/C19H20N4O3.C2HF3O2/c1-25-16-5-3-4-13(8-16)10-20-19(24)23-17-7-6-14(9-18(17)26-2)15-11-21-22-12-15;3-2(4,5)1(6)7/h3-9,11-12H,10H2,1-2H3,(H,21,22)(H2,20,23,24);(H,6,7). The number of aliphatic carboxylic acids is 1. The number of ether oxygens (including phenoxy) is 2. The minimum atomic E-state index is -5.08. The van der Waals surface area contributed by atoms with E-state index >= 15 is 0 Å². The van der Waals surface area contributed by atoms with Crippen LogP contribution >= 0.6 is 0 Å². The zero-order chi connectivity index (χ0) is 24.4. The Morgan fingerprint density at radius 1 is 1.09 bits per heavy atom. The number of aromatic amines is 1. The van der Waals surface area contributed by atoms with Gasteiger partial charge >= 0.3 is 18.2 Å². The number of amides is 2. The van der Waals surface area contributed by atoms with Crippen LogP contribution in [0.4, 0.5) is 23.7 Å². The maximum Gasteiger partial charge on any atom is 0.490 e. The van der Waals surface area contributed by atoms with E-state index in [1.54, 1.807) is 32.7 Å². The van der Waals surface area contributed by atoms with Crippen LogP contribution in [0.1, 0.15) is 5.56 Å². The number of methoxy groups -OCH3 is 2. The lowest BCUT2D eigenvalue weighted by molar-refractivity contribution is -0.192. The number of nitrogens with zero attached hydrogens (tertiary/aromatic N) is 1. The molecule has 0 saturated heterocycles. The van der Waals surface area contributed by atoms with Gasteiger partial charge in [-0.15, -0.1) is 0 Å². The van der Waals surface area contributed by atoms with Gasteiger partial charge in [0.2, 0.25) is 0 Å². The number of halogens is 3. The summed E-state index contributed by atoms with van der Waals surface area (Å²) in [6.45, 7) is 0.387. The van der Waals surface area contributed by atoms with Crippen LogP contribution in [-0.4, -0.2) is 47.7 Å². The van der Waals surface area contributed by atoms with Crippen LogP contribution in [0.25, 0.3) is 11.1 Å². The number of urea groups is 1. The molecule has 0 aliphatic rings. The highest BCUT2D eigenvalue weighted by molar-refractivity contribution is 5.91. The average molecular weight is 466 g/mol. The highest BCUT2D eigenvalue weighted by Crippen LogP contribution is 2.30. The molecule has 0 fully saturated rings. The average Bonchev–Trinajstić information content (AvgIpc) is 3.33. The second-order valence-electron chi connectivity index (χ2n) is 6.36. The quantitative estimate of drug-likeness (QED) is 0.434. The smallest absolute Gasteiger partial charge is 0.490 e. The number of H-pyrrole nitrogens is 1. The molecule has 0 radical (unpaired) electrons. The molecule has 4 N–H and O–H groups in total. The van der Waals surface area contributed by atoms with Crippen molar-refractivity contribution in [1.82, 2.24) is 15.5 Å². The first kappa shape index (κ1) is 25.0. The van der Waals surface area contributed by atoms with Gasteiger partial charge in [-0.1, -0.05) is 18.2 Å². The maximum absolute atomic E-state index is 12.2. The van der Waals surface area contributed by atoms with E-state index in [-0.39, 0.29) is 6.03 Å². The lowest BCUT2D eigenvalue weighted by Gasteiger charge is -2.12. The summed E-state index contributed by atoms with van der Waals surface area (Å²) < 4.78 is 42.3. The summed E-state index contributed by atoms with van der Waals surface area (Å²) in [4.78, 5) is 21.1. The van der Waals surface area contributed by atoms with E-state index in [4.69, 9.17) is 19.4 Å². The van der Waals surface area contributed by atoms with E-state index in [1.807, 2.05) is 36.4 Å². The molecule has 0 aliphatic heterocycles. The molecular formula is C21H21F3N4O5. The fraction of sp³-hybridized carbons (Fsp3) is 0.190. The van der Waals surface area contributed by atoms with Crippen molar-refractivity contribution >= 4 is 17.7 Å². The summed E-state index contributed by atoms with van der Waals surface area (Å²) >= 11 is 0. The number of nitrogens with one attached hydrogen (secondary N) is 3. The van der Waals surface area contributed by atoms with Gasteiger partial charge in [-0.2, -0.15) is 18.3 Å². The molecule has 1 heterocycles. The van der Waals surface area contributed by atoms with Crippen molar-refractivity contribution in [2.75, 3.05) is 19.5 Å². The zero-order valence-electron chi connectivity index (χ0n) is 17.6. The van der Waals surface area contributed by atoms with Crippen LogP contribution in [0.2, 0.25) is 0 Å². The molecule has 2 amide bonds. The summed E-state index contributed by atoms with van der Waals surface area (Å²) in [6.07, 6.45) is -1.56. The molecule has 3 aromatic rings. The van der Waals surface area contributed by atoms with E-state index in [0.717, 1.165) is 22.4 Å². The van der Waals surface area contributed by atoms with Gasteiger partial charge in [0.25, 0.3) is 0 Å². The Kier molecular flexibility index (Phi) is 8.66. The summed E-state index contributed by atoms with van der Waals surface area (Å²) in [7, 11) is 3.17. The number of alkyl halides is 3. The minimum absolute atomic E-state index is 0.317. The normalized spacial score (nSPS) is 10.5. The number of hydrogen-bond donors (Lipinski definition) is 4. The predicted molar refractivity (Wildman–Crippen MR) is 113 cm³/mol. The molecular weight excluding hydrogens is 445 g/mol. The number of carboxylic acids is 1. The SMILES string of the molecule is COc1cccc(CNC(=O)Nc2ccc(-c3cn[nH]c3)cc2OC)c1.O=C(O)C(F)(F)F. The van der Waals surface area contributed by atoms with Gasteiger partial charge in [-0.25, -0.2) is 9.59 Å². The number of anilines is 1. The highest BCUT2D eigenvalue weighted by Gasteiger charge is 2.38. The number of aromatic nitrogens is 2. The van der Waals surface area contributed by atoms with Gasteiger partial charge in [0.05, 0.1) is 26.1 Å². The number of carboxylic acid groups (broad SMARTS) is 1. The Bertz CT molecular complexity index is 1070. The van der Waals surface area contributed by atoms with E-state index in [2.05, 4.69) is 20.8 Å². The molecule has 0 saturated carbocycles. The van der Waals surface area contributed by atoms with E-state index in [0.29, 0.717) is 18.0 Å². The lowest BCUT2D eigenvalue weighted by Crippen LogP contribution is -2.28. The zero-order valence-corrected chi connectivity index (χ0v) is 17.6. The summed E-state index contributed by atoms with van der Waals surface area (Å²) in [5.41, 5.74) is 3.42. The van der Waals surface area contributed by atoms with Gasteiger partial charge < -0.3 is 25.2 Å². The van der Waals surface area contributed by atoms with Crippen LogP contribution < -0.4 is 20.1 Å². The summed E-state index contributed by atoms with van der Waals surface area (Å²) in [6, 6.07) is 12.8. The third kappa shape index (κ3) is 7.76. The van der Waals surface area contributed by atoms with Crippen molar-refractivity contribution in [3.63, 3.8) is 0 Å². The molecule has 2 aromatic carbocycles. The number of rotatable bonds is 6. The second-order valence-corrected chi connectivity index (χ2v) is 6.36. The molecule has 0 bridgehead atoms. The van der Waals surface area contributed by atoms with Crippen LogP contribution in [0.3, 0.4) is 0 Å². The molecule has 12 heteroatoms. The van der Waals surface area contributed by atoms with E-state index in [1.165, 1.54) is 0 Å². The van der Waals surface area contributed by atoms with E-state index in [9.17, 15) is 18.0 Å². The van der Waals surface area contributed by atoms with Crippen molar-refractivity contribution in [3.8, 4) is 22.6 Å². The molecule has 33 heavy (non-hydrogen) atoms. The number of benzene rings is 2. The highest BCUT2D eigenvalue weighted by atomic mass is 19.4. The number of carbonyl (C=O) groups is 2. The first-order valence-electron chi connectivity index (χ1n) is 9.29. The first-order valence-corrected chi connectivity index (χ1v) is 9.29. The molecule has 176 valence electrons. The molecule has 1 aromatic heterocycles. The first-order chi connectivity index (χ1) is 15.6. The Hall–Kier alpha value is -4.22. The van der Waals surface area contributed by atoms with Crippen molar-refractivity contribution in [2.45, 2.75) is 12.7 Å². The van der Waals surface area contributed by atoms with E-state index < -0.39 is 12.1 Å². The van der Waals surface area contributed by atoms with Crippen molar-refractivity contribution in [2.24, 2.45) is 0 Å². The van der Waals surface area contributed by atoms with Gasteiger partial charge in [-0.3, -0.25) is 5.10 Å². The number of carbonyl (C=O) groups excluding carboxylic acids is 1. The van der Waals surface area contributed by atoms with Crippen LogP contribution in [-0.2, 0) is 11.3 Å². The van der Waals surface area contributed by atoms with Gasteiger partial charge in [0, 0.05) is 18.3 Å². The van der Waals surface area contributed by atoms with Crippen LogP contribution in [0, 0.1) is 0 Å². The van der Waals surface area contributed by atoms with Crippen LogP contribution in [0.5, 0.6) is 11.5 Å². The number of hydrogen-bond acceptors (Lipinski definition) is 5. The molecule has 9 nitrogen and oxygen atoms in total. The molecule has 0 atom stereocenters. The fourth-order valence-corrected chi connectivity index (χ4v) is 2.51. The summed E-state index contributed by atoms with van der Waals surface area (Å²) in [5.74, 6) is -1.44. The predicted octanol–water partition coefficient (Wildman–Crippen LogP) is 4.05. The van der Waals surface area contributed by atoms with Crippen molar-refractivity contribution < 1.29 is 37.3 Å². The monoisotopic (exact) mass is 466 g/mol. The lowest BCUT2D eigenvalue weighted by atomic mass is 10.1. The third-order valence-electron chi connectivity index (χ3n) is 4.11. The maximum atomic E-state index is 12.2. The molecule has 0 spiro atoms.